The summed E-state index contributed by atoms with van der Waals surface area (Å²) in [6.45, 7) is 0. The van der Waals surface area contributed by atoms with Crippen LogP contribution >= 0.6 is 11.8 Å². The van der Waals surface area contributed by atoms with E-state index >= 15 is 0 Å². The zero-order valence-electron chi connectivity index (χ0n) is 10.5. The van der Waals surface area contributed by atoms with Crippen molar-refractivity contribution in [2.24, 2.45) is 4.99 Å². The largest absolute Gasteiger partial charge is 0.437 e. The topological polar surface area (TPSA) is 35.8 Å². The third kappa shape index (κ3) is 2.29. The Morgan fingerprint density at radius 3 is 2.45 bits per heavy atom. The summed E-state index contributed by atoms with van der Waals surface area (Å²) in [5.41, 5.74) is -2.21. The fourth-order valence-electron chi connectivity index (χ4n) is 2.17. The fraction of sp³-hybridized carbons (Fsp3) is 0.462. The predicted octanol–water partition coefficient (Wildman–Crippen LogP) is 3.14. The van der Waals surface area contributed by atoms with Crippen molar-refractivity contribution in [3.8, 4) is 0 Å². The minimum atomic E-state index is -4.68. The maximum absolute atomic E-state index is 13.1. The van der Waals surface area contributed by atoms with Crippen LogP contribution in [-0.2, 0) is 0 Å². The molecule has 7 heteroatoms. The number of aliphatic imine (C=N–C) groups is 1. The van der Waals surface area contributed by atoms with E-state index in [1.165, 1.54) is 0 Å². The summed E-state index contributed by atoms with van der Waals surface area (Å²) < 4.78 is 39.4. The van der Waals surface area contributed by atoms with Crippen LogP contribution in [-0.4, -0.2) is 38.9 Å². The van der Waals surface area contributed by atoms with E-state index < -0.39 is 17.7 Å². The van der Waals surface area contributed by atoms with E-state index in [4.69, 9.17) is 0 Å². The van der Waals surface area contributed by atoms with Gasteiger partial charge in [-0.25, -0.2) is 4.99 Å². The standard InChI is InChI=1S/C13H13F3N2OS/c14-13(15,16)12(19)8-20-11(18(12)10-6-7-10)17-9-4-2-1-3-5-9/h1-5,10,19H,6-8H2. The van der Waals surface area contributed by atoms with E-state index in [0.717, 1.165) is 16.7 Å². The monoisotopic (exact) mass is 302 g/mol. The maximum atomic E-state index is 13.1. The first-order valence-electron chi connectivity index (χ1n) is 6.27. The van der Waals surface area contributed by atoms with Crippen LogP contribution in [0.25, 0.3) is 0 Å². The van der Waals surface area contributed by atoms with Crippen molar-refractivity contribution < 1.29 is 18.3 Å². The first-order chi connectivity index (χ1) is 9.42. The van der Waals surface area contributed by atoms with Crippen LogP contribution < -0.4 is 0 Å². The molecule has 1 aliphatic carbocycles. The molecule has 2 aliphatic rings. The van der Waals surface area contributed by atoms with E-state index in [2.05, 4.69) is 4.99 Å². The van der Waals surface area contributed by atoms with Crippen molar-refractivity contribution >= 4 is 22.6 Å². The van der Waals surface area contributed by atoms with Gasteiger partial charge in [-0.05, 0) is 25.0 Å². The Hall–Kier alpha value is -1.21. The highest BCUT2D eigenvalue weighted by atomic mass is 32.2. The number of benzene rings is 1. The summed E-state index contributed by atoms with van der Waals surface area (Å²) in [7, 11) is 0. The van der Waals surface area contributed by atoms with Crippen molar-refractivity contribution in [3.05, 3.63) is 30.3 Å². The van der Waals surface area contributed by atoms with Gasteiger partial charge in [0.1, 0.15) is 0 Å². The van der Waals surface area contributed by atoms with Gasteiger partial charge in [0.2, 0.25) is 5.72 Å². The third-order valence-corrected chi connectivity index (χ3v) is 4.45. The molecule has 1 aromatic carbocycles. The molecule has 1 saturated carbocycles. The van der Waals surface area contributed by atoms with Crippen LogP contribution in [0.2, 0.25) is 0 Å². The van der Waals surface area contributed by atoms with E-state index in [1.807, 2.05) is 6.07 Å². The van der Waals surface area contributed by atoms with Gasteiger partial charge in [0.05, 0.1) is 11.4 Å². The molecule has 20 heavy (non-hydrogen) atoms. The second-order valence-corrected chi connectivity index (χ2v) is 5.88. The Morgan fingerprint density at radius 1 is 1.25 bits per heavy atom. The van der Waals surface area contributed by atoms with Crippen molar-refractivity contribution in [2.45, 2.75) is 30.8 Å². The van der Waals surface area contributed by atoms with Gasteiger partial charge < -0.3 is 10.0 Å². The second kappa shape index (κ2) is 4.66. The molecule has 0 bridgehead atoms. The zero-order chi connectivity index (χ0) is 14.4. The summed E-state index contributed by atoms with van der Waals surface area (Å²) in [6, 6.07) is 8.55. The lowest BCUT2D eigenvalue weighted by Gasteiger charge is -2.35. The number of alkyl halides is 3. The zero-order valence-corrected chi connectivity index (χ0v) is 11.3. The van der Waals surface area contributed by atoms with Crippen LogP contribution in [0.4, 0.5) is 18.9 Å². The molecular weight excluding hydrogens is 289 g/mol. The van der Waals surface area contributed by atoms with Gasteiger partial charge in [-0.3, -0.25) is 0 Å². The molecule has 108 valence electrons. The van der Waals surface area contributed by atoms with Gasteiger partial charge in [0.15, 0.2) is 5.17 Å². The van der Waals surface area contributed by atoms with Gasteiger partial charge in [0.25, 0.3) is 0 Å². The molecule has 3 nitrogen and oxygen atoms in total. The average Bonchev–Trinajstić information content (AvgIpc) is 3.15. The van der Waals surface area contributed by atoms with E-state index in [-0.39, 0.29) is 11.2 Å². The molecule has 1 unspecified atom stereocenters. The predicted molar refractivity (Wildman–Crippen MR) is 71.9 cm³/mol. The Bertz CT molecular complexity index is 530. The molecule has 0 amide bonds. The quantitative estimate of drug-likeness (QED) is 0.911. The van der Waals surface area contributed by atoms with Crippen LogP contribution in [0.3, 0.4) is 0 Å². The molecule has 1 atom stereocenters. The molecule has 1 N–H and O–H groups in total. The number of aliphatic hydroxyl groups is 1. The number of para-hydroxylation sites is 1. The van der Waals surface area contributed by atoms with Gasteiger partial charge in [0, 0.05) is 6.04 Å². The summed E-state index contributed by atoms with van der Waals surface area (Å²) in [5.74, 6) is -0.432. The number of rotatable bonds is 2. The van der Waals surface area contributed by atoms with Crippen molar-refractivity contribution in [1.29, 1.82) is 0 Å². The number of hydrogen-bond donors (Lipinski definition) is 1. The molecule has 3 rings (SSSR count). The number of thioether (sulfide) groups is 1. The lowest BCUT2D eigenvalue weighted by atomic mass is 10.2. The smallest absolute Gasteiger partial charge is 0.363 e. The van der Waals surface area contributed by atoms with Gasteiger partial charge >= 0.3 is 6.18 Å². The minimum Gasteiger partial charge on any atom is -0.363 e. The van der Waals surface area contributed by atoms with Crippen LogP contribution in [0.15, 0.2) is 35.3 Å². The minimum absolute atomic E-state index is 0.249. The third-order valence-electron chi connectivity index (χ3n) is 3.35. The second-order valence-electron chi connectivity index (χ2n) is 4.93. The normalized spacial score (nSPS) is 29.2. The molecular formula is C13H13F3N2OS. The number of hydrogen-bond acceptors (Lipinski definition) is 3. The van der Waals surface area contributed by atoms with Crippen LogP contribution in [0, 0.1) is 0 Å². The Kier molecular flexibility index (Phi) is 3.21. The average molecular weight is 302 g/mol. The summed E-state index contributed by atoms with van der Waals surface area (Å²) >= 11 is 0.953. The van der Waals surface area contributed by atoms with E-state index in [9.17, 15) is 18.3 Å². The summed E-state index contributed by atoms with van der Waals surface area (Å²) in [4.78, 5) is 5.30. The highest BCUT2D eigenvalue weighted by molar-refractivity contribution is 8.14. The Balaban J connectivity index is 1.96. The highest BCUT2D eigenvalue weighted by Crippen LogP contribution is 2.48. The lowest BCUT2D eigenvalue weighted by Crippen LogP contribution is -2.58. The number of amidine groups is 1. The van der Waals surface area contributed by atoms with Gasteiger partial charge in [-0.15, -0.1) is 0 Å². The van der Waals surface area contributed by atoms with E-state index in [1.54, 1.807) is 24.3 Å². The van der Waals surface area contributed by atoms with Crippen molar-refractivity contribution in [3.63, 3.8) is 0 Å². The Labute approximate surface area is 118 Å². The number of halogens is 3. The molecule has 1 aromatic rings. The molecule has 0 spiro atoms. The van der Waals surface area contributed by atoms with E-state index in [0.29, 0.717) is 18.5 Å². The SMILES string of the molecule is OC1(C(F)(F)F)CSC(=Nc2ccccc2)N1C1CC1. The highest BCUT2D eigenvalue weighted by Gasteiger charge is 2.65. The summed E-state index contributed by atoms with van der Waals surface area (Å²) in [6.07, 6.45) is -3.37. The molecule has 1 heterocycles. The van der Waals surface area contributed by atoms with Gasteiger partial charge in [-0.1, -0.05) is 30.0 Å². The van der Waals surface area contributed by atoms with Gasteiger partial charge in [-0.2, -0.15) is 13.2 Å². The van der Waals surface area contributed by atoms with Crippen molar-refractivity contribution in [1.82, 2.24) is 4.90 Å². The first-order valence-corrected chi connectivity index (χ1v) is 7.25. The number of nitrogens with zero attached hydrogens (tertiary/aromatic N) is 2. The first kappa shape index (κ1) is 13.8. The van der Waals surface area contributed by atoms with Crippen LogP contribution in [0.1, 0.15) is 12.8 Å². The maximum Gasteiger partial charge on any atom is 0.437 e. The van der Waals surface area contributed by atoms with Crippen LogP contribution in [0.5, 0.6) is 0 Å². The Morgan fingerprint density at radius 2 is 1.90 bits per heavy atom. The molecule has 0 radical (unpaired) electrons. The fourth-order valence-corrected chi connectivity index (χ4v) is 3.41. The lowest BCUT2D eigenvalue weighted by molar-refractivity contribution is -0.290. The molecule has 0 aromatic heterocycles. The van der Waals surface area contributed by atoms with Crippen molar-refractivity contribution in [2.75, 3.05) is 5.75 Å². The molecule has 1 saturated heterocycles. The summed E-state index contributed by atoms with van der Waals surface area (Å²) in [5, 5.41) is 10.3. The molecule has 1 aliphatic heterocycles. The molecule has 2 fully saturated rings.